The van der Waals surface area contributed by atoms with Crippen molar-refractivity contribution in [3.63, 3.8) is 0 Å². The Balaban J connectivity index is 1.43. The van der Waals surface area contributed by atoms with Crippen LogP contribution >= 0.6 is 0 Å². The van der Waals surface area contributed by atoms with Gasteiger partial charge >= 0.3 is 6.03 Å². The molecule has 3 heterocycles. The number of nitrogens with one attached hydrogen (secondary N) is 1. The molecule has 0 aromatic heterocycles. The number of likely N-dealkylation sites (tertiary alicyclic amines) is 1. The van der Waals surface area contributed by atoms with Crippen LogP contribution in [-0.4, -0.2) is 55.6 Å². The Kier molecular flexibility index (Phi) is 5.69. The lowest BCUT2D eigenvalue weighted by molar-refractivity contribution is 0.0899. The van der Waals surface area contributed by atoms with E-state index in [0.29, 0.717) is 17.8 Å². The van der Waals surface area contributed by atoms with Crippen molar-refractivity contribution >= 4 is 25.6 Å². The van der Waals surface area contributed by atoms with Crippen molar-refractivity contribution in [2.24, 2.45) is 10.9 Å². The van der Waals surface area contributed by atoms with Crippen LogP contribution in [0.3, 0.4) is 0 Å². The molecule has 0 bridgehead atoms. The molecule has 2 amide bonds. The molecule has 2 saturated heterocycles. The molecule has 0 radical (unpaired) electrons. The van der Waals surface area contributed by atoms with Gasteiger partial charge in [-0.2, -0.15) is 4.99 Å². The first-order valence-corrected chi connectivity index (χ1v) is 15.9. The van der Waals surface area contributed by atoms with E-state index >= 15 is 0 Å². The Labute approximate surface area is 192 Å². The number of nitrogens with zero attached hydrogens (tertiary/aromatic N) is 3. The molecule has 0 unspecified atom stereocenters. The average molecular weight is 457 g/mol. The number of anilines is 1. The van der Waals surface area contributed by atoms with Crippen molar-refractivity contribution in [3.05, 3.63) is 30.1 Å². The Hall–Kier alpha value is -1.73. The molecule has 4 aliphatic rings. The number of amides is 2. The van der Waals surface area contributed by atoms with Gasteiger partial charge in [0.05, 0.1) is 0 Å². The van der Waals surface area contributed by atoms with Crippen molar-refractivity contribution < 1.29 is 9.18 Å². The molecule has 3 fully saturated rings. The van der Waals surface area contributed by atoms with Crippen molar-refractivity contribution in [2.75, 3.05) is 18.0 Å². The maximum absolute atomic E-state index is 14.1. The molecule has 174 valence electrons. The van der Waals surface area contributed by atoms with Gasteiger partial charge in [0.1, 0.15) is 17.2 Å². The minimum Gasteiger partial charge on any atom is -0.369 e. The third-order valence-electron chi connectivity index (χ3n) is 8.43. The maximum Gasteiger partial charge on any atom is 0.350 e. The summed E-state index contributed by atoms with van der Waals surface area (Å²) in [6.45, 7) is 9.30. The van der Waals surface area contributed by atoms with Crippen molar-refractivity contribution in [1.82, 2.24) is 10.2 Å². The molecule has 1 spiro atoms. The van der Waals surface area contributed by atoms with E-state index in [0.717, 1.165) is 44.1 Å². The summed E-state index contributed by atoms with van der Waals surface area (Å²) in [7, 11) is -1.16. The average Bonchev–Trinajstić information content (AvgIpc) is 3.16. The minimum atomic E-state index is -1.16. The number of hydrogen-bond acceptors (Lipinski definition) is 3. The molecule has 1 saturated carbocycles. The number of carbonyl (C=O) groups is 1. The predicted molar refractivity (Wildman–Crippen MR) is 131 cm³/mol. The number of piperidine rings is 1. The zero-order chi connectivity index (χ0) is 22.5. The van der Waals surface area contributed by atoms with Gasteiger partial charge in [-0.3, -0.25) is 4.90 Å². The molecule has 32 heavy (non-hydrogen) atoms. The SMILES string of the molecule is C[C@H]1C[C@]2(CCN1CC1CCC1)C(N[C@@H]1CC[Si](C)(C)C1)=NC(=O)N2c1cccc(F)c1. The lowest BCUT2D eigenvalue weighted by Gasteiger charge is -2.49. The smallest absolute Gasteiger partial charge is 0.350 e. The lowest BCUT2D eigenvalue weighted by atomic mass is 9.79. The summed E-state index contributed by atoms with van der Waals surface area (Å²) >= 11 is 0. The van der Waals surface area contributed by atoms with Crippen LogP contribution in [0.15, 0.2) is 29.3 Å². The topological polar surface area (TPSA) is 47.9 Å². The molecule has 7 heteroatoms. The monoisotopic (exact) mass is 456 g/mol. The zero-order valence-electron chi connectivity index (χ0n) is 19.7. The molecule has 1 N–H and O–H groups in total. The van der Waals surface area contributed by atoms with E-state index in [1.54, 1.807) is 11.0 Å². The number of carbonyl (C=O) groups excluding carboxylic acids is 1. The fraction of sp³-hybridized carbons (Fsp3) is 0.680. The van der Waals surface area contributed by atoms with E-state index < -0.39 is 13.6 Å². The molecule has 5 rings (SSSR count). The number of hydrogen-bond donors (Lipinski definition) is 1. The van der Waals surface area contributed by atoms with Crippen LogP contribution in [0.2, 0.25) is 25.2 Å². The molecule has 5 nitrogen and oxygen atoms in total. The summed E-state index contributed by atoms with van der Waals surface area (Å²) in [6, 6.07) is 9.49. The first-order chi connectivity index (χ1) is 15.3. The Morgan fingerprint density at radius 3 is 2.72 bits per heavy atom. The normalized spacial score (nSPS) is 32.9. The van der Waals surface area contributed by atoms with Crippen LogP contribution < -0.4 is 10.2 Å². The summed E-state index contributed by atoms with van der Waals surface area (Å²) in [6.07, 6.45) is 6.88. The van der Waals surface area contributed by atoms with E-state index in [1.807, 2.05) is 6.07 Å². The highest BCUT2D eigenvalue weighted by Gasteiger charge is 2.54. The van der Waals surface area contributed by atoms with Gasteiger partial charge in [-0.1, -0.05) is 31.6 Å². The maximum atomic E-state index is 14.1. The lowest BCUT2D eigenvalue weighted by Crippen LogP contribution is -2.64. The molecular formula is C25H37FN4OSi. The molecule has 3 atom stereocenters. The molecule has 1 aromatic rings. The van der Waals surface area contributed by atoms with Gasteiger partial charge in [0.25, 0.3) is 0 Å². The van der Waals surface area contributed by atoms with E-state index in [-0.39, 0.29) is 11.8 Å². The van der Waals surface area contributed by atoms with Crippen LogP contribution in [-0.2, 0) is 0 Å². The fourth-order valence-corrected chi connectivity index (χ4v) is 9.37. The highest BCUT2D eigenvalue weighted by Crippen LogP contribution is 2.42. The van der Waals surface area contributed by atoms with Gasteiger partial charge in [-0.25, -0.2) is 9.18 Å². The first kappa shape index (κ1) is 22.1. The van der Waals surface area contributed by atoms with Crippen LogP contribution in [0.25, 0.3) is 0 Å². The zero-order valence-corrected chi connectivity index (χ0v) is 20.7. The Morgan fingerprint density at radius 1 is 1.28 bits per heavy atom. The summed E-state index contributed by atoms with van der Waals surface area (Å²) in [4.78, 5) is 22.2. The third-order valence-corrected chi connectivity index (χ3v) is 11.7. The van der Waals surface area contributed by atoms with Gasteiger partial charge in [0, 0.05) is 38.9 Å². The summed E-state index contributed by atoms with van der Waals surface area (Å²) in [5, 5.41) is 3.75. The van der Waals surface area contributed by atoms with Gasteiger partial charge in [0.2, 0.25) is 0 Å². The summed E-state index contributed by atoms with van der Waals surface area (Å²) in [5.74, 6) is 1.34. The second-order valence-corrected chi connectivity index (χ2v) is 16.7. The van der Waals surface area contributed by atoms with E-state index in [2.05, 4.69) is 35.2 Å². The first-order valence-electron chi connectivity index (χ1n) is 12.5. The fourth-order valence-electron chi connectivity index (χ4n) is 6.40. The Bertz CT molecular complexity index is 917. The molecule has 1 aliphatic carbocycles. The Morgan fingerprint density at radius 2 is 2.09 bits per heavy atom. The third kappa shape index (κ3) is 4.02. The number of aliphatic imine (C=N–C) groups is 1. The molecule has 1 aromatic carbocycles. The van der Waals surface area contributed by atoms with Crippen LogP contribution in [0.4, 0.5) is 14.9 Å². The largest absolute Gasteiger partial charge is 0.369 e. The number of benzene rings is 1. The standard InChI is InChI=1S/C25H37FN4OSi/c1-18-15-25(11-12-29(18)16-19-6-4-7-19)23(27-21-10-13-32(2,3)17-21)28-24(31)30(25)22-9-5-8-20(26)14-22/h5,8-9,14,18-19,21H,4,6-7,10-13,15-17H2,1-3H3,(H,27,28,31)/t18-,21+,25+/m0/s1. The van der Waals surface area contributed by atoms with E-state index in [1.165, 1.54) is 43.5 Å². The van der Waals surface area contributed by atoms with Crippen molar-refractivity contribution in [2.45, 2.75) is 88.3 Å². The van der Waals surface area contributed by atoms with Gasteiger partial charge in [-0.15, -0.1) is 0 Å². The quantitative estimate of drug-likeness (QED) is 0.629. The number of halogens is 1. The predicted octanol–water partition coefficient (Wildman–Crippen LogP) is 5.26. The van der Waals surface area contributed by atoms with Crippen LogP contribution in [0, 0.1) is 11.7 Å². The minimum absolute atomic E-state index is 0.257. The van der Waals surface area contributed by atoms with Gasteiger partial charge in [0.15, 0.2) is 0 Å². The van der Waals surface area contributed by atoms with Gasteiger partial charge < -0.3 is 10.2 Å². The summed E-state index contributed by atoms with van der Waals surface area (Å²) < 4.78 is 14.1. The van der Waals surface area contributed by atoms with Crippen molar-refractivity contribution in [1.29, 1.82) is 0 Å². The second kappa shape index (κ2) is 8.24. The number of amidine groups is 1. The second-order valence-electron chi connectivity index (χ2n) is 11.4. The van der Waals surface area contributed by atoms with Crippen molar-refractivity contribution in [3.8, 4) is 0 Å². The van der Waals surface area contributed by atoms with Crippen LogP contribution in [0.5, 0.6) is 0 Å². The highest BCUT2D eigenvalue weighted by atomic mass is 28.3. The summed E-state index contributed by atoms with van der Waals surface area (Å²) in [5.41, 5.74) is 0.116. The molecular weight excluding hydrogens is 419 g/mol. The van der Waals surface area contributed by atoms with E-state index in [9.17, 15) is 9.18 Å². The van der Waals surface area contributed by atoms with E-state index in [4.69, 9.17) is 0 Å². The van der Waals surface area contributed by atoms with Crippen LogP contribution in [0.1, 0.15) is 45.4 Å². The van der Waals surface area contributed by atoms with Gasteiger partial charge in [-0.05, 0) is 69.2 Å². The number of rotatable bonds is 4. The number of urea groups is 1. The molecule has 3 aliphatic heterocycles. The highest BCUT2D eigenvalue weighted by molar-refractivity contribution is 6.78.